The zero-order valence-corrected chi connectivity index (χ0v) is 13.1. The fraction of sp³-hybridized carbons (Fsp3) is 0.583. The van der Waals surface area contributed by atoms with Gasteiger partial charge in [0.2, 0.25) is 5.76 Å². The van der Waals surface area contributed by atoms with E-state index in [4.69, 9.17) is 4.42 Å². The van der Waals surface area contributed by atoms with Crippen molar-refractivity contribution in [1.82, 2.24) is 15.5 Å². The molecule has 0 atom stereocenters. The van der Waals surface area contributed by atoms with Gasteiger partial charge in [0.25, 0.3) is 5.91 Å². The van der Waals surface area contributed by atoms with Crippen LogP contribution in [0.2, 0.25) is 0 Å². The molecule has 1 aromatic heterocycles. The number of nitrogens with one attached hydrogen (secondary N) is 2. The summed E-state index contributed by atoms with van der Waals surface area (Å²) in [6.45, 7) is 6.02. The summed E-state index contributed by atoms with van der Waals surface area (Å²) >= 11 is 3.27. The number of nitrogens with zero attached hydrogens (tertiary/aromatic N) is 1. The van der Waals surface area contributed by atoms with E-state index in [2.05, 4.69) is 31.5 Å². The largest absolute Gasteiger partial charge is 0.458 e. The van der Waals surface area contributed by atoms with Crippen molar-refractivity contribution in [3.05, 3.63) is 22.6 Å². The third-order valence-electron chi connectivity index (χ3n) is 2.97. The Morgan fingerprint density at radius 3 is 2.84 bits per heavy atom. The van der Waals surface area contributed by atoms with E-state index in [1.54, 1.807) is 6.07 Å². The number of piperazine rings is 1. The summed E-state index contributed by atoms with van der Waals surface area (Å²) in [6, 6.07) is 1.72. The van der Waals surface area contributed by atoms with Crippen LogP contribution in [-0.2, 0) is 0 Å². The number of carbonyl (C=O) groups is 1. The van der Waals surface area contributed by atoms with E-state index in [1.807, 2.05) is 0 Å². The Kier molecular flexibility index (Phi) is 7.45. The van der Waals surface area contributed by atoms with Gasteiger partial charge in [-0.25, -0.2) is 0 Å². The molecule has 0 aliphatic carbocycles. The zero-order chi connectivity index (χ0) is 12.8. The quantitative estimate of drug-likeness (QED) is 0.788. The summed E-state index contributed by atoms with van der Waals surface area (Å²) < 4.78 is 5.79. The van der Waals surface area contributed by atoms with E-state index in [1.165, 1.54) is 6.26 Å². The number of furan rings is 1. The van der Waals surface area contributed by atoms with Crippen molar-refractivity contribution in [3.63, 3.8) is 0 Å². The summed E-state index contributed by atoms with van der Waals surface area (Å²) in [5.74, 6) is 0.185. The highest BCUT2D eigenvalue weighted by Crippen LogP contribution is 2.16. The number of halogens is 2. The van der Waals surface area contributed by atoms with Gasteiger partial charge in [0, 0.05) is 32.7 Å². The van der Waals surface area contributed by atoms with Gasteiger partial charge in [-0.3, -0.25) is 4.79 Å². The lowest BCUT2D eigenvalue weighted by Crippen LogP contribution is -2.44. The summed E-state index contributed by atoms with van der Waals surface area (Å²) in [4.78, 5) is 14.1. The number of hydrogen-bond acceptors (Lipinski definition) is 4. The number of hydrogen-bond donors (Lipinski definition) is 2. The fourth-order valence-electron chi connectivity index (χ4n) is 1.98. The van der Waals surface area contributed by atoms with Crippen molar-refractivity contribution in [2.45, 2.75) is 6.42 Å². The summed E-state index contributed by atoms with van der Waals surface area (Å²) in [5.41, 5.74) is 0. The molecule has 1 fully saturated rings. The number of carbonyl (C=O) groups excluding carboxylic acids is 1. The molecular formula is C12H19BrClN3O2. The molecule has 7 heteroatoms. The Balaban J connectivity index is 0.00000180. The molecule has 1 saturated heterocycles. The Bertz CT molecular complexity index is 394. The van der Waals surface area contributed by atoms with Crippen LogP contribution in [-0.4, -0.2) is 50.1 Å². The molecule has 1 aliphatic heterocycles. The van der Waals surface area contributed by atoms with Crippen molar-refractivity contribution in [1.29, 1.82) is 0 Å². The van der Waals surface area contributed by atoms with Crippen molar-refractivity contribution in [2.24, 2.45) is 0 Å². The molecule has 2 N–H and O–H groups in total. The van der Waals surface area contributed by atoms with E-state index >= 15 is 0 Å². The number of amides is 1. The standard InChI is InChI=1S/C12H18BrN3O2.ClH/c13-10-2-9-18-11(10)12(17)15-3-1-6-16-7-4-14-5-8-16;/h2,9,14H,1,3-8H2,(H,15,17);1H. The molecule has 1 aromatic rings. The molecule has 0 bridgehead atoms. The second-order valence-electron chi connectivity index (χ2n) is 4.30. The van der Waals surface area contributed by atoms with Gasteiger partial charge in [0.05, 0.1) is 10.7 Å². The average molecular weight is 353 g/mol. The lowest BCUT2D eigenvalue weighted by atomic mass is 10.3. The van der Waals surface area contributed by atoms with Gasteiger partial charge in [-0.05, 0) is 35.0 Å². The molecule has 2 heterocycles. The monoisotopic (exact) mass is 351 g/mol. The lowest BCUT2D eigenvalue weighted by Gasteiger charge is -2.26. The topological polar surface area (TPSA) is 57.5 Å². The second-order valence-corrected chi connectivity index (χ2v) is 5.15. The first-order chi connectivity index (χ1) is 8.77. The normalized spacial score (nSPS) is 15.8. The number of rotatable bonds is 5. The van der Waals surface area contributed by atoms with E-state index < -0.39 is 0 Å². The minimum atomic E-state index is -0.160. The molecule has 1 aliphatic rings. The molecule has 0 aromatic carbocycles. The van der Waals surface area contributed by atoms with Gasteiger partial charge in [0.15, 0.2) is 0 Å². The predicted molar refractivity (Wildman–Crippen MR) is 79.9 cm³/mol. The van der Waals surface area contributed by atoms with Gasteiger partial charge in [-0.1, -0.05) is 0 Å². The van der Waals surface area contributed by atoms with Crippen LogP contribution in [0.3, 0.4) is 0 Å². The van der Waals surface area contributed by atoms with Crippen LogP contribution in [0.1, 0.15) is 17.0 Å². The third-order valence-corrected chi connectivity index (χ3v) is 3.59. The third kappa shape index (κ3) is 5.14. The first-order valence-electron chi connectivity index (χ1n) is 6.21. The smallest absolute Gasteiger partial charge is 0.288 e. The van der Waals surface area contributed by atoms with Crippen molar-refractivity contribution in [3.8, 4) is 0 Å². The van der Waals surface area contributed by atoms with E-state index in [0.717, 1.165) is 39.1 Å². The van der Waals surface area contributed by atoms with Crippen LogP contribution >= 0.6 is 28.3 Å². The average Bonchev–Trinajstić information content (AvgIpc) is 2.82. The van der Waals surface area contributed by atoms with Crippen molar-refractivity contribution in [2.75, 3.05) is 39.3 Å². The van der Waals surface area contributed by atoms with Gasteiger partial charge in [-0.2, -0.15) is 0 Å². The molecule has 5 nitrogen and oxygen atoms in total. The highest BCUT2D eigenvalue weighted by atomic mass is 79.9. The molecule has 0 spiro atoms. The first-order valence-corrected chi connectivity index (χ1v) is 7.01. The Labute approximate surface area is 127 Å². The SMILES string of the molecule is Cl.O=C(NCCCN1CCNCC1)c1occc1Br. The lowest BCUT2D eigenvalue weighted by molar-refractivity contribution is 0.0922. The highest BCUT2D eigenvalue weighted by Gasteiger charge is 2.13. The maximum atomic E-state index is 11.7. The minimum Gasteiger partial charge on any atom is -0.458 e. The molecule has 19 heavy (non-hydrogen) atoms. The van der Waals surface area contributed by atoms with Crippen LogP contribution in [0.5, 0.6) is 0 Å². The molecule has 0 saturated carbocycles. The maximum Gasteiger partial charge on any atom is 0.288 e. The van der Waals surface area contributed by atoms with Gasteiger partial charge < -0.3 is 20.0 Å². The fourth-order valence-corrected chi connectivity index (χ4v) is 2.36. The summed E-state index contributed by atoms with van der Waals surface area (Å²) in [7, 11) is 0. The van der Waals surface area contributed by atoms with E-state index in [0.29, 0.717) is 16.8 Å². The molecule has 108 valence electrons. The minimum absolute atomic E-state index is 0. The molecule has 2 rings (SSSR count). The predicted octanol–water partition coefficient (Wildman–Crippen LogP) is 1.49. The van der Waals surface area contributed by atoms with Crippen molar-refractivity contribution >= 4 is 34.2 Å². The van der Waals surface area contributed by atoms with Gasteiger partial charge >= 0.3 is 0 Å². The molecule has 0 radical (unpaired) electrons. The Morgan fingerprint density at radius 1 is 1.47 bits per heavy atom. The van der Waals surface area contributed by atoms with E-state index in [-0.39, 0.29) is 18.3 Å². The maximum absolute atomic E-state index is 11.7. The first kappa shape index (κ1) is 16.5. The van der Waals surface area contributed by atoms with Crippen LogP contribution in [0.15, 0.2) is 21.2 Å². The summed E-state index contributed by atoms with van der Waals surface area (Å²) in [6.07, 6.45) is 2.46. The summed E-state index contributed by atoms with van der Waals surface area (Å²) in [5, 5.41) is 6.18. The van der Waals surface area contributed by atoms with Crippen LogP contribution < -0.4 is 10.6 Å². The molecular weight excluding hydrogens is 334 g/mol. The zero-order valence-electron chi connectivity index (χ0n) is 10.7. The van der Waals surface area contributed by atoms with Crippen molar-refractivity contribution < 1.29 is 9.21 Å². The molecule has 0 unspecified atom stereocenters. The van der Waals surface area contributed by atoms with Crippen LogP contribution in [0.25, 0.3) is 0 Å². The highest BCUT2D eigenvalue weighted by molar-refractivity contribution is 9.10. The Hall–Kier alpha value is -0.560. The van der Waals surface area contributed by atoms with Gasteiger partial charge in [-0.15, -0.1) is 12.4 Å². The van der Waals surface area contributed by atoms with Gasteiger partial charge in [0.1, 0.15) is 0 Å². The Morgan fingerprint density at radius 2 is 2.21 bits per heavy atom. The van der Waals surface area contributed by atoms with Crippen LogP contribution in [0.4, 0.5) is 0 Å². The second kappa shape index (κ2) is 8.58. The van der Waals surface area contributed by atoms with E-state index in [9.17, 15) is 4.79 Å². The van der Waals surface area contributed by atoms with Crippen LogP contribution in [0, 0.1) is 0 Å². The molecule has 1 amide bonds.